The van der Waals surface area contributed by atoms with Crippen molar-refractivity contribution in [3.8, 4) is 0 Å². The Balaban J connectivity index is 1.95. The van der Waals surface area contributed by atoms with Gasteiger partial charge in [0.25, 0.3) is 0 Å². The number of methoxy groups -OCH3 is 1. The van der Waals surface area contributed by atoms with E-state index < -0.39 is 5.60 Å². The molecule has 0 radical (unpaired) electrons. The molecule has 0 aromatic carbocycles. The molecular formula is C14H25NO3. The van der Waals surface area contributed by atoms with E-state index in [4.69, 9.17) is 9.47 Å². The lowest BCUT2D eigenvalue weighted by molar-refractivity contribution is -0.0503. The van der Waals surface area contributed by atoms with Gasteiger partial charge in [0.1, 0.15) is 0 Å². The van der Waals surface area contributed by atoms with Crippen molar-refractivity contribution in [3.05, 3.63) is 12.2 Å². The van der Waals surface area contributed by atoms with Gasteiger partial charge in [0, 0.05) is 20.2 Å². The quantitative estimate of drug-likeness (QED) is 0.749. The monoisotopic (exact) mass is 255 g/mol. The van der Waals surface area contributed by atoms with Gasteiger partial charge in [-0.25, -0.2) is 0 Å². The summed E-state index contributed by atoms with van der Waals surface area (Å²) in [5.41, 5.74) is 0.606. The highest BCUT2D eigenvalue weighted by Gasteiger charge is 2.50. The van der Waals surface area contributed by atoms with Gasteiger partial charge >= 0.3 is 0 Å². The molecule has 2 saturated heterocycles. The van der Waals surface area contributed by atoms with Crippen molar-refractivity contribution in [2.75, 3.05) is 33.4 Å². The summed E-state index contributed by atoms with van der Waals surface area (Å²) in [5, 5.41) is 9.71. The molecule has 0 aliphatic carbocycles. The predicted octanol–water partition coefficient (Wildman–Crippen LogP) is 1.19. The van der Waals surface area contributed by atoms with E-state index in [0.717, 1.165) is 32.5 Å². The summed E-state index contributed by atoms with van der Waals surface area (Å²) in [7, 11) is 1.75. The van der Waals surface area contributed by atoms with E-state index >= 15 is 0 Å². The first kappa shape index (κ1) is 14.0. The van der Waals surface area contributed by atoms with Gasteiger partial charge in [0.15, 0.2) is 0 Å². The third-order valence-corrected chi connectivity index (χ3v) is 3.78. The first-order chi connectivity index (χ1) is 8.35. The summed E-state index contributed by atoms with van der Waals surface area (Å²) in [4.78, 5) is 2.42. The van der Waals surface area contributed by atoms with Crippen molar-refractivity contribution in [3.63, 3.8) is 0 Å². The number of ether oxygens (including phenoxy) is 2. The highest BCUT2D eigenvalue weighted by atomic mass is 16.5. The molecule has 2 aliphatic heterocycles. The molecule has 2 aliphatic rings. The van der Waals surface area contributed by atoms with E-state index in [1.807, 2.05) is 0 Å². The van der Waals surface area contributed by atoms with Gasteiger partial charge in [-0.05, 0) is 26.7 Å². The molecule has 0 saturated carbocycles. The minimum Gasteiger partial charge on any atom is -0.388 e. The average molecular weight is 255 g/mol. The Hall–Kier alpha value is -0.420. The van der Waals surface area contributed by atoms with Crippen LogP contribution in [-0.2, 0) is 9.47 Å². The molecule has 2 fully saturated rings. The zero-order valence-electron chi connectivity index (χ0n) is 11.7. The Morgan fingerprint density at radius 1 is 1.56 bits per heavy atom. The molecule has 0 aromatic rings. The van der Waals surface area contributed by atoms with Crippen molar-refractivity contribution in [2.24, 2.45) is 0 Å². The lowest BCUT2D eigenvalue weighted by atomic mass is 9.93. The smallest absolute Gasteiger partial charge is 0.0824 e. The number of aliphatic hydroxyl groups is 1. The van der Waals surface area contributed by atoms with Crippen LogP contribution in [0.15, 0.2) is 12.2 Å². The van der Waals surface area contributed by atoms with Gasteiger partial charge in [0.05, 0.1) is 30.5 Å². The first-order valence-corrected chi connectivity index (χ1v) is 6.59. The Morgan fingerprint density at radius 2 is 2.28 bits per heavy atom. The summed E-state index contributed by atoms with van der Waals surface area (Å²) in [6.45, 7) is 10.6. The van der Waals surface area contributed by atoms with Crippen LogP contribution < -0.4 is 0 Å². The van der Waals surface area contributed by atoms with Crippen LogP contribution in [0.4, 0.5) is 0 Å². The number of fused-ring (bicyclic) bond motifs is 1. The minimum absolute atomic E-state index is 0.0795. The molecule has 0 amide bonds. The molecule has 2 atom stereocenters. The van der Waals surface area contributed by atoms with Gasteiger partial charge in [-0.1, -0.05) is 12.2 Å². The lowest BCUT2D eigenvalue weighted by Gasteiger charge is -2.30. The normalized spacial score (nSPS) is 33.1. The molecule has 0 unspecified atom stereocenters. The van der Waals surface area contributed by atoms with Gasteiger partial charge in [0.2, 0.25) is 0 Å². The molecular weight excluding hydrogens is 230 g/mol. The number of hydrogen-bond acceptors (Lipinski definition) is 4. The van der Waals surface area contributed by atoms with Crippen LogP contribution in [0, 0.1) is 0 Å². The standard InChI is InChI=1S/C14H25NO3/c1-11-5-14(10-17-4)6-12(8-15(14)7-11)18-9-13(2,3)16/h12,16H,1,5-10H2,2-4H3/t12-,14+/m0/s1. The number of hydrogen-bond donors (Lipinski definition) is 1. The van der Waals surface area contributed by atoms with Crippen LogP contribution in [0.25, 0.3) is 0 Å². The van der Waals surface area contributed by atoms with Crippen LogP contribution in [0.1, 0.15) is 26.7 Å². The van der Waals surface area contributed by atoms with E-state index in [0.29, 0.717) is 6.61 Å². The zero-order valence-corrected chi connectivity index (χ0v) is 11.7. The van der Waals surface area contributed by atoms with Crippen LogP contribution in [0.3, 0.4) is 0 Å². The fraction of sp³-hybridized carbons (Fsp3) is 0.857. The van der Waals surface area contributed by atoms with E-state index in [1.54, 1.807) is 21.0 Å². The molecule has 4 nitrogen and oxygen atoms in total. The Bertz CT molecular complexity index is 323. The molecule has 0 aromatic heterocycles. The molecule has 1 N–H and O–H groups in total. The maximum Gasteiger partial charge on any atom is 0.0824 e. The first-order valence-electron chi connectivity index (χ1n) is 6.59. The van der Waals surface area contributed by atoms with Gasteiger partial charge in [-0.2, -0.15) is 0 Å². The van der Waals surface area contributed by atoms with Crippen molar-refractivity contribution >= 4 is 0 Å². The zero-order chi connectivity index (χ0) is 13.4. The molecule has 0 spiro atoms. The van der Waals surface area contributed by atoms with Gasteiger partial charge in [-0.15, -0.1) is 0 Å². The number of rotatable bonds is 5. The van der Waals surface area contributed by atoms with Crippen molar-refractivity contribution in [1.82, 2.24) is 4.90 Å². The fourth-order valence-electron chi connectivity index (χ4n) is 3.17. The summed E-state index contributed by atoms with van der Waals surface area (Å²) < 4.78 is 11.2. The Morgan fingerprint density at radius 3 is 2.89 bits per heavy atom. The summed E-state index contributed by atoms with van der Waals surface area (Å²) in [6.07, 6.45) is 2.17. The molecule has 104 valence electrons. The second kappa shape index (κ2) is 4.93. The largest absolute Gasteiger partial charge is 0.388 e. The third-order valence-electron chi connectivity index (χ3n) is 3.78. The number of nitrogens with zero attached hydrogens (tertiary/aromatic N) is 1. The van der Waals surface area contributed by atoms with E-state index in [-0.39, 0.29) is 11.6 Å². The maximum atomic E-state index is 9.71. The minimum atomic E-state index is -0.759. The average Bonchev–Trinajstić information content (AvgIpc) is 2.66. The second-order valence-corrected chi connectivity index (χ2v) is 6.41. The molecule has 0 bridgehead atoms. The highest BCUT2D eigenvalue weighted by molar-refractivity contribution is 5.19. The highest BCUT2D eigenvalue weighted by Crippen LogP contribution is 2.41. The summed E-state index contributed by atoms with van der Waals surface area (Å²) >= 11 is 0. The summed E-state index contributed by atoms with van der Waals surface area (Å²) in [5.74, 6) is 0. The van der Waals surface area contributed by atoms with E-state index in [9.17, 15) is 5.11 Å². The fourth-order valence-corrected chi connectivity index (χ4v) is 3.17. The maximum absolute atomic E-state index is 9.71. The van der Waals surface area contributed by atoms with Crippen molar-refractivity contribution in [2.45, 2.75) is 43.9 Å². The summed E-state index contributed by atoms with van der Waals surface area (Å²) in [6, 6.07) is 0. The van der Waals surface area contributed by atoms with Crippen LogP contribution in [0.2, 0.25) is 0 Å². The van der Waals surface area contributed by atoms with Crippen LogP contribution in [-0.4, -0.2) is 60.7 Å². The molecule has 2 heterocycles. The van der Waals surface area contributed by atoms with Gasteiger partial charge < -0.3 is 14.6 Å². The third kappa shape index (κ3) is 2.94. The Labute approximate surface area is 110 Å². The van der Waals surface area contributed by atoms with Crippen molar-refractivity contribution in [1.29, 1.82) is 0 Å². The predicted molar refractivity (Wildman–Crippen MR) is 70.6 cm³/mol. The molecule has 2 rings (SSSR count). The SMILES string of the molecule is C=C1CN2C[C@@H](OCC(C)(C)O)C[C@@]2(COC)C1. The van der Waals surface area contributed by atoms with Crippen LogP contribution in [0.5, 0.6) is 0 Å². The van der Waals surface area contributed by atoms with Crippen molar-refractivity contribution < 1.29 is 14.6 Å². The Kier molecular flexibility index (Phi) is 3.83. The lowest BCUT2D eigenvalue weighted by Crippen LogP contribution is -2.42. The molecule has 18 heavy (non-hydrogen) atoms. The second-order valence-electron chi connectivity index (χ2n) is 6.41. The van der Waals surface area contributed by atoms with Gasteiger partial charge in [-0.3, -0.25) is 4.90 Å². The topological polar surface area (TPSA) is 41.9 Å². The van der Waals surface area contributed by atoms with E-state index in [1.165, 1.54) is 5.57 Å². The molecule has 4 heteroatoms. The van der Waals surface area contributed by atoms with Crippen LogP contribution >= 0.6 is 0 Å². The van der Waals surface area contributed by atoms with E-state index in [2.05, 4.69) is 11.5 Å².